The van der Waals surface area contributed by atoms with E-state index in [9.17, 15) is 24.4 Å². The van der Waals surface area contributed by atoms with Gasteiger partial charge in [0, 0.05) is 28.0 Å². The summed E-state index contributed by atoms with van der Waals surface area (Å²) < 4.78 is 13.5. The number of aromatic hydroxyl groups is 1. The summed E-state index contributed by atoms with van der Waals surface area (Å²) >= 11 is 0. The molecule has 3 aromatic carbocycles. The minimum absolute atomic E-state index is 0.00935. The molecule has 4 N–H and O–H groups in total. The molecule has 0 saturated carbocycles. The first-order valence-corrected chi connectivity index (χ1v) is 10.1. The van der Waals surface area contributed by atoms with E-state index < -0.39 is 22.5 Å². The third kappa shape index (κ3) is 3.73. The molecular weight excluding hydrogens is 441 g/mol. The Morgan fingerprint density at radius 3 is 2.65 bits per heavy atom. The van der Waals surface area contributed by atoms with Crippen LogP contribution in [0.15, 0.2) is 72.8 Å². The van der Waals surface area contributed by atoms with Gasteiger partial charge in [-0.25, -0.2) is 9.78 Å². The number of halogens is 1. The minimum Gasteiger partial charge on any atom is -0.494 e. The highest BCUT2D eigenvalue weighted by atomic mass is 19.1. The number of nitrogens with one attached hydrogen (secondary N) is 3. The van der Waals surface area contributed by atoms with E-state index in [1.54, 1.807) is 30.3 Å². The zero-order valence-electron chi connectivity index (χ0n) is 17.4. The molecule has 2 heterocycles. The lowest BCUT2D eigenvalue weighted by Crippen LogP contribution is -2.19. The van der Waals surface area contributed by atoms with Crippen LogP contribution in [0.25, 0.3) is 33.1 Å². The van der Waals surface area contributed by atoms with Crippen LogP contribution in [0, 0.1) is 15.9 Å². The predicted molar refractivity (Wildman–Crippen MR) is 126 cm³/mol. The number of rotatable bonds is 4. The fourth-order valence-electron chi connectivity index (χ4n) is 3.81. The normalized spacial score (nSPS) is 11.0. The van der Waals surface area contributed by atoms with Crippen molar-refractivity contribution in [1.29, 1.82) is 0 Å². The Hall–Kier alpha value is -4.99. The van der Waals surface area contributed by atoms with Crippen LogP contribution in [0.1, 0.15) is 0 Å². The first kappa shape index (κ1) is 20.9. The molecule has 0 aliphatic rings. The lowest BCUT2D eigenvalue weighted by molar-refractivity contribution is -0.387. The number of carbonyl (C=O) groups is 1. The summed E-state index contributed by atoms with van der Waals surface area (Å²) in [6, 6.07) is 18.6. The molecule has 0 fully saturated rings. The fraction of sp³-hybridized carbons (Fsp3) is 0. The number of carbonyl (C=O) groups excluding carboxylic acids is 1. The summed E-state index contributed by atoms with van der Waals surface area (Å²) in [6.45, 7) is 0. The molecule has 0 aliphatic heterocycles. The molecule has 0 saturated heterocycles. The van der Waals surface area contributed by atoms with Crippen LogP contribution in [0.4, 0.5) is 26.2 Å². The second-order valence-electron chi connectivity index (χ2n) is 7.47. The Bertz CT molecular complexity index is 1600. The largest absolute Gasteiger partial charge is 0.494 e. The van der Waals surface area contributed by atoms with E-state index in [1.807, 2.05) is 24.3 Å². The van der Waals surface area contributed by atoms with Gasteiger partial charge in [-0.1, -0.05) is 24.3 Å². The molecule has 168 valence electrons. The summed E-state index contributed by atoms with van der Waals surface area (Å²) in [5, 5.41) is 27.9. The SMILES string of the molecule is O=C(Nc1ccc(F)c([N+](=O)[O-])c1)Nc1cccc2nc(-c3c(O)[nH]c4ccccc34)ccc12. The second kappa shape index (κ2) is 8.17. The minimum atomic E-state index is -0.992. The number of amides is 2. The van der Waals surface area contributed by atoms with E-state index in [2.05, 4.69) is 20.6 Å². The lowest BCUT2D eigenvalue weighted by atomic mass is 10.1. The molecule has 0 aliphatic carbocycles. The Kier molecular flexibility index (Phi) is 5.02. The zero-order chi connectivity index (χ0) is 23.8. The van der Waals surface area contributed by atoms with Crippen molar-refractivity contribution < 1.29 is 19.2 Å². The number of benzene rings is 3. The molecule has 2 amide bonds. The Morgan fingerprint density at radius 2 is 1.82 bits per heavy atom. The maximum atomic E-state index is 13.5. The highest BCUT2D eigenvalue weighted by molar-refractivity contribution is 6.06. The van der Waals surface area contributed by atoms with E-state index >= 15 is 0 Å². The summed E-state index contributed by atoms with van der Waals surface area (Å²) in [5.41, 5.74) is 2.28. The number of nitro groups is 1. The van der Waals surface area contributed by atoms with Gasteiger partial charge in [-0.05, 0) is 42.5 Å². The maximum Gasteiger partial charge on any atom is 0.323 e. The van der Waals surface area contributed by atoms with E-state index in [-0.39, 0.29) is 11.6 Å². The van der Waals surface area contributed by atoms with Gasteiger partial charge in [0.15, 0.2) is 5.88 Å². The number of aromatic amines is 1. The summed E-state index contributed by atoms with van der Waals surface area (Å²) in [6.07, 6.45) is 0. The first-order chi connectivity index (χ1) is 16.4. The number of hydrogen-bond donors (Lipinski definition) is 4. The third-order valence-corrected chi connectivity index (χ3v) is 5.32. The number of fused-ring (bicyclic) bond motifs is 2. The van der Waals surface area contributed by atoms with Gasteiger partial charge >= 0.3 is 11.7 Å². The summed E-state index contributed by atoms with van der Waals surface area (Å²) in [7, 11) is 0. The number of nitrogens with zero attached hydrogens (tertiary/aromatic N) is 2. The van der Waals surface area contributed by atoms with Crippen molar-refractivity contribution in [3.05, 3.63) is 88.7 Å². The molecular formula is C24H16FN5O4. The van der Waals surface area contributed by atoms with E-state index in [1.165, 1.54) is 6.07 Å². The van der Waals surface area contributed by atoms with Crippen molar-refractivity contribution in [2.45, 2.75) is 0 Å². The van der Waals surface area contributed by atoms with Gasteiger partial charge in [-0.2, -0.15) is 4.39 Å². The van der Waals surface area contributed by atoms with Gasteiger partial charge in [-0.3, -0.25) is 10.1 Å². The predicted octanol–water partition coefficient (Wildman–Crippen LogP) is 5.78. The summed E-state index contributed by atoms with van der Waals surface area (Å²) in [5.74, 6) is -0.983. The van der Waals surface area contributed by atoms with Gasteiger partial charge in [0.2, 0.25) is 5.82 Å². The van der Waals surface area contributed by atoms with Crippen LogP contribution >= 0.6 is 0 Å². The molecule has 0 atom stereocenters. The lowest BCUT2D eigenvalue weighted by Gasteiger charge is -2.11. The van der Waals surface area contributed by atoms with Gasteiger partial charge in [0.05, 0.1) is 27.4 Å². The number of H-pyrrole nitrogens is 1. The smallest absolute Gasteiger partial charge is 0.323 e. The van der Waals surface area contributed by atoms with Crippen molar-refractivity contribution in [1.82, 2.24) is 9.97 Å². The first-order valence-electron chi connectivity index (χ1n) is 10.1. The summed E-state index contributed by atoms with van der Waals surface area (Å²) in [4.78, 5) is 30.1. The van der Waals surface area contributed by atoms with Crippen molar-refractivity contribution in [2.24, 2.45) is 0 Å². The zero-order valence-corrected chi connectivity index (χ0v) is 17.4. The highest BCUT2D eigenvalue weighted by Gasteiger charge is 2.17. The van der Waals surface area contributed by atoms with Crippen molar-refractivity contribution >= 4 is 44.9 Å². The molecule has 0 unspecified atom stereocenters. The fourth-order valence-corrected chi connectivity index (χ4v) is 3.81. The van der Waals surface area contributed by atoms with Crippen LogP contribution in [-0.2, 0) is 0 Å². The van der Waals surface area contributed by atoms with Gasteiger partial charge < -0.3 is 20.7 Å². The molecule has 9 nitrogen and oxygen atoms in total. The highest BCUT2D eigenvalue weighted by Crippen LogP contribution is 2.36. The Labute approximate surface area is 191 Å². The Morgan fingerprint density at radius 1 is 1.00 bits per heavy atom. The third-order valence-electron chi connectivity index (χ3n) is 5.32. The van der Waals surface area contributed by atoms with E-state index in [0.29, 0.717) is 27.8 Å². The maximum absolute atomic E-state index is 13.5. The number of urea groups is 1. The van der Waals surface area contributed by atoms with Crippen molar-refractivity contribution in [2.75, 3.05) is 10.6 Å². The van der Waals surface area contributed by atoms with Crippen LogP contribution in [0.3, 0.4) is 0 Å². The van der Waals surface area contributed by atoms with Crippen molar-refractivity contribution in [3.8, 4) is 17.1 Å². The number of para-hydroxylation sites is 1. The van der Waals surface area contributed by atoms with Gasteiger partial charge in [-0.15, -0.1) is 0 Å². The average Bonchev–Trinajstić information content (AvgIpc) is 3.15. The number of nitro benzene ring substituents is 1. The topological polar surface area (TPSA) is 133 Å². The number of hydrogen-bond acceptors (Lipinski definition) is 5. The average molecular weight is 457 g/mol. The molecule has 0 radical (unpaired) electrons. The van der Waals surface area contributed by atoms with Crippen molar-refractivity contribution in [3.63, 3.8) is 0 Å². The molecule has 0 spiro atoms. The molecule has 0 bridgehead atoms. The second-order valence-corrected chi connectivity index (χ2v) is 7.47. The molecule has 5 aromatic rings. The molecule has 2 aromatic heterocycles. The van der Waals surface area contributed by atoms with E-state index in [0.717, 1.165) is 23.0 Å². The van der Waals surface area contributed by atoms with Crippen LogP contribution < -0.4 is 10.6 Å². The quantitative estimate of drug-likeness (QED) is 0.201. The Balaban J connectivity index is 1.44. The van der Waals surface area contributed by atoms with Crippen LogP contribution in [0.5, 0.6) is 5.88 Å². The number of aromatic nitrogens is 2. The number of anilines is 2. The monoisotopic (exact) mass is 457 g/mol. The molecule has 5 rings (SSSR count). The van der Waals surface area contributed by atoms with Gasteiger partial charge in [0.25, 0.3) is 0 Å². The van der Waals surface area contributed by atoms with Crippen LogP contribution in [-0.4, -0.2) is 26.0 Å². The number of pyridine rings is 1. The standard InChI is InChI=1S/C24H16FN5O4/c25-16-10-8-13(12-21(16)30(33)34)26-24(32)29-18-7-3-6-17-14(18)9-11-20(27-17)22-15-4-1-2-5-19(15)28-23(22)31/h1-12,28,31H,(H2,26,29,32). The van der Waals surface area contributed by atoms with E-state index in [4.69, 9.17) is 0 Å². The molecule has 34 heavy (non-hydrogen) atoms. The molecule has 10 heteroatoms. The van der Waals surface area contributed by atoms with Gasteiger partial charge in [0.1, 0.15) is 0 Å². The van der Waals surface area contributed by atoms with Crippen LogP contribution in [0.2, 0.25) is 0 Å².